The molecule has 1 fully saturated rings. The average molecular weight is 251 g/mol. The number of hydrogen-bond acceptors (Lipinski definition) is 4. The summed E-state index contributed by atoms with van der Waals surface area (Å²) in [7, 11) is 0. The van der Waals surface area contributed by atoms with Crippen molar-refractivity contribution in [3.8, 4) is 0 Å². The SMILES string of the molecule is Cc1ccc(C(N)=S)c(N2CCOCC2C)n1. The van der Waals surface area contributed by atoms with Gasteiger partial charge in [0.2, 0.25) is 0 Å². The van der Waals surface area contributed by atoms with Crippen molar-refractivity contribution in [3.63, 3.8) is 0 Å². The van der Waals surface area contributed by atoms with Crippen LogP contribution in [0.4, 0.5) is 5.82 Å². The molecule has 4 nitrogen and oxygen atoms in total. The van der Waals surface area contributed by atoms with Crippen molar-refractivity contribution in [3.05, 3.63) is 23.4 Å². The van der Waals surface area contributed by atoms with E-state index in [1.165, 1.54) is 0 Å². The number of anilines is 1. The van der Waals surface area contributed by atoms with Crippen molar-refractivity contribution in [1.82, 2.24) is 4.98 Å². The third kappa shape index (κ3) is 2.56. The summed E-state index contributed by atoms with van der Waals surface area (Å²) < 4.78 is 5.43. The van der Waals surface area contributed by atoms with Crippen molar-refractivity contribution < 1.29 is 4.74 Å². The molecule has 1 aromatic rings. The zero-order chi connectivity index (χ0) is 12.4. The molecule has 0 bridgehead atoms. The van der Waals surface area contributed by atoms with Gasteiger partial charge in [-0.3, -0.25) is 0 Å². The van der Waals surface area contributed by atoms with Crippen molar-refractivity contribution >= 4 is 23.0 Å². The summed E-state index contributed by atoms with van der Waals surface area (Å²) >= 11 is 5.08. The van der Waals surface area contributed by atoms with Crippen molar-refractivity contribution in [2.45, 2.75) is 19.9 Å². The van der Waals surface area contributed by atoms with E-state index in [2.05, 4.69) is 16.8 Å². The van der Waals surface area contributed by atoms with Crippen LogP contribution in [-0.4, -0.2) is 35.8 Å². The fraction of sp³-hybridized carbons (Fsp3) is 0.500. The van der Waals surface area contributed by atoms with Gasteiger partial charge >= 0.3 is 0 Å². The van der Waals surface area contributed by atoms with Crippen LogP contribution in [0.2, 0.25) is 0 Å². The third-order valence-corrected chi connectivity index (χ3v) is 3.14. The monoisotopic (exact) mass is 251 g/mol. The highest BCUT2D eigenvalue weighted by molar-refractivity contribution is 7.80. The fourth-order valence-corrected chi connectivity index (χ4v) is 2.16. The van der Waals surface area contributed by atoms with Crippen molar-refractivity contribution in [1.29, 1.82) is 0 Å². The quantitative estimate of drug-likeness (QED) is 0.802. The Morgan fingerprint density at radius 3 is 3.00 bits per heavy atom. The third-order valence-electron chi connectivity index (χ3n) is 2.92. The molecule has 0 radical (unpaired) electrons. The van der Waals surface area contributed by atoms with Gasteiger partial charge in [0.15, 0.2) is 0 Å². The molecule has 2 heterocycles. The van der Waals surface area contributed by atoms with Crippen molar-refractivity contribution in [2.75, 3.05) is 24.7 Å². The van der Waals surface area contributed by atoms with Gasteiger partial charge in [-0.1, -0.05) is 12.2 Å². The lowest BCUT2D eigenvalue weighted by Crippen LogP contribution is -2.45. The minimum Gasteiger partial charge on any atom is -0.389 e. The summed E-state index contributed by atoms with van der Waals surface area (Å²) in [5, 5.41) is 0. The lowest BCUT2D eigenvalue weighted by Gasteiger charge is -2.35. The highest BCUT2D eigenvalue weighted by atomic mass is 32.1. The van der Waals surface area contributed by atoms with Crippen LogP contribution < -0.4 is 10.6 Å². The zero-order valence-corrected chi connectivity index (χ0v) is 11.0. The summed E-state index contributed by atoms with van der Waals surface area (Å²) in [4.78, 5) is 7.18. The largest absolute Gasteiger partial charge is 0.389 e. The second-order valence-electron chi connectivity index (χ2n) is 4.31. The molecule has 5 heteroatoms. The predicted octanol–water partition coefficient (Wildman–Crippen LogP) is 1.25. The molecule has 0 amide bonds. The van der Waals surface area contributed by atoms with Crippen LogP contribution in [0.1, 0.15) is 18.2 Å². The van der Waals surface area contributed by atoms with Crippen LogP contribution in [0.3, 0.4) is 0 Å². The van der Waals surface area contributed by atoms with E-state index in [0.29, 0.717) is 17.6 Å². The summed E-state index contributed by atoms with van der Waals surface area (Å²) in [5.41, 5.74) is 7.57. The first-order valence-electron chi connectivity index (χ1n) is 5.71. The second kappa shape index (κ2) is 4.98. The number of nitrogens with zero attached hydrogens (tertiary/aromatic N) is 2. The van der Waals surface area contributed by atoms with Crippen LogP contribution in [0.15, 0.2) is 12.1 Å². The number of aryl methyl sites for hydroxylation is 1. The molecular weight excluding hydrogens is 234 g/mol. The molecule has 0 spiro atoms. The molecule has 0 saturated carbocycles. The molecule has 1 aromatic heterocycles. The number of ether oxygens (including phenoxy) is 1. The van der Waals surface area contributed by atoms with Gasteiger partial charge in [-0.25, -0.2) is 4.98 Å². The van der Waals surface area contributed by atoms with Gasteiger partial charge in [-0.2, -0.15) is 0 Å². The van der Waals surface area contributed by atoms with Gasteiger partial charge in [0.1, 0.15) is 10.8 Å². The van der Waals surface area contributed by atoms with Gasteiger partial charge in [-0.05, 0) is 26.0 Å². The smallest absolute Gasteiger partial charge is 0.139 e. The maximum absolute atomic E-state index is 5.75. The van der Waals surface area contributed by atoms with Gasteiger partial charge in [0, 0.05) is 12.2 Å². The molecule has 2 rings (SSSR count). The number of pyridine rings is 1. The first-order chi connectivity index (χ1) is 8.09. The second-order valence-corrected chi connectivity index (χ2v) is 4.75. The Hall–Kier alpha value is -1.20. The number of hydrogen-bond donors (Lipinski definition) is 1. The topological polar surface area (TPSA) is 51.4 Å². The van der Waals surface area contributed by atoms with Gasteiger partial charge in [0.05, 0.1) is 24.8 Å². The molecule has 0 aromatic carbocycles. The molecule has 92 valence electrons. The van der Waals surface area contributed by atoms with Gasteiger partial charge < -0.3 is 15.4 Å². The molecule has 0 aliphatic carbocycles. The Bertz CT molecular complexity index is 436. The Morgan fingerprint density at radius 2 is 2.35 bits per heavy atom. The summed E-state index contributed by atoms with van der Waals surface area (Å²) in [6.45, 7) is 6.35. The molecule has 1 atom stereocenters. The van der Waals surface area contributed by atoms with Gasteiger partial charge in [0.25, 0.3) is 0 Å². The summed E-state index contributed by atoms with van der Waals surface area (Å²) in [6.07, 6.45) is 0. The molecule has 1 unspecified atom stereocenters. The lowest BCUT2D eigenvalue weighted by molar-refractivity contribution is 0.0985. The van der Waals surface area contributed by atoms with E-state index in [0.717, 1.165) is 30.2 Å². The maximum atomic E-state index is 5.75. The zero-order valence-electron chi connectivity index (χ0n) is 10.1. The minimum absolute atomic E-state index is 0.297. The van der Waals surface area contributed by atoms with Crippen LogP contribution in [-0.2, 0) is 4.74 Å². The van der Waals surface area contributed by atoms with E-state index in [1.807, 2.05) is 19.1 Å². The molecule has 1 saturated heterocycles. The molecule has 2 N–H and O–H groups in total. The van der Waals surface area contributed by atoms with Gasteiger partial charge in [-0.15, -0.1) is 0 Å². The average Bonchev–Trinajstić information content (AvgIpc) is 2.29. The highest BCUT2D eigenvalue weighted by Gasteiger charge is 2.23. The Labute approximate surface area is 107 Å². The van der Waals surface area contributed by atoms with Crippen molar-refractivity contribution in [2.24, 2.45) is 5.73 Å². The number of rotatable bonds is 2. The van der Waals surface area contributed by atoms with E-state index in [4.69, 9.17) is 22.7 Å². The Morgan fingerprint density at radius 1 is 1.59 bits per heavy atom. The first-order valence-corrected chi connectivity index (χ1v) is 6.12. The van der Waals surface area contributed by atoms with Crippen LogP contribution in [0, 0.1) is 6.92 Å². The van der Waals surface area contributed by atoms with E-state index in [-0.39, 0.29) is 0 Å². The number of thiocarbonyl (C=S) groups is 1. The summed E-state index contributed by atoms with van der Waals surface area (Å²) in [5.74, 6) is 0.883. The maximum Gasteiger partial charge on any atom is 0.139 e. The van der Waals surface area contributed by atoms with E-state index in [9.17, 15) is 0 Å². The standard InChI is InChI=1S/C12H17N3OS/c1-8-3-4-10(11(13)17)12(14-8)15-5-6-16-7-9(15)2/h3-4,9H,5-7H2,1-2H3,(H2,13,17). The number of morpholine rings is 1. The fourth-order valence-electron chi connectivity index (χ4n) is 2.00. The first kappa shape index (κ1) is 12.3. The number of nitrogens with two attached hydrogens (primary N) is 1. The van der Waals surface area contributed by atoms with Crippen LogP contribution in [0.5, 0.6) is 0 Å². The lowest BCUT2D eigenvalue weighted by atomic mass is 10.1. The molecule has 17 heavy (non-hydrogen) atoms. The van der Waals surface area contributed by atoms with Crippen LogP contribution >= 0.6 is 12.2 Å². The molecular formula is C12H17N3OS. The Kier molecular flexibility index (Phi) is 3.59. The van der Waals surface area contributed by atoms with E-state index < -0.39 is 0 Å². The predicted molar refractivity (Wildman–Crippen MR) is 72.5 cm³/mol. The molecule has 1 aliphatic rings. The van der Waals surface area contributed by atoms with E-state index >= 15 is 0 Å². The normalized spacial score (nSPS) is 20.4. The molecule has 1 aliphatic heterocycles. The van der Waals surface area contributed by atoms with Crippen LogP contribution in [0.25, 0.3) is 0 Å². The minimum atomic E-state index is 0.297. The highest BCUT2D eigenvalue weighted by Crippen LogP contribution is 2.22. The summed E-state index contributed by atoms with van der Waals surface area (Å²) in [6, 6.07) is 4.18. The number of aromatic nitrogens is 1. The van der Waals surface area contributed by atoms with E-state index in [1.54, 1.807) is 0 Å². The Balaban J connectivity index is 2.41.